The number of ether oxygens (including phenoxy) is 5. The fourth-order valence-electron chi connectivity index (χ4n) is 4.67. The predicted octanol–water partition coefficient (Wildman–Crippen LogP) is -3.61. The van der Waals surface area contributed by atoms with Gasteiger partial charge in [0.05, 0.1) is 18.8 Å². The van der Waals surface area contributed by atoms with Crippen molar-refractivity contribution in [1.82, 2.24) is 10.6 Å². The highest BCUT2D eigenvalue weighted by Crippen LogP contribution is 2.35. The molecule has 0 saturated carbocycles. The molecule has 2 amide bonds. The number of carboxylic acids is 1. The second-order valence-corrected chi connectivity index (χ2v) is 10.2. The monoisotopic (exact) mass is 637 g/mol. The number of amides is 2. The van der Waals surface area contributed by atoms with Crippen LogP contribution in [0.15, 0.2) is 5.11 Å². The van der Waals surface area contributed by atoms with Crippen molar-refractivity contribution in [2.75, 3.05) is 26.4 Å². The first-order chi connectivity index (χ1) is 20.6. The van der Waals surface area contributed by atoms with Crippen molar-refractivity contribution in [2.45, 2.75) is 101 Å². The van der Waals surface area contributed by atoms with E-state index in [1.54, 1.807) is 0 Å². The lowest BCUT2D eigenvalue weighted by molar-refractivity contribution is -0.330. The van der Waals surface area contributed by atoms with E-state index >= 15 is 0 Å². The SMILES string of the molecule is CC(=O)N[C@H]1[C@@H](OCCCN=[N+]=[N-])O[C@H](CO[C@]2(C(=O)O)C[C@H](O)[C@@H](NC(C)=O)[C@H]([C@H](O)[C@H](O)COC(C)=O)O2)[C@H](O)[C@@H]1O. The summed E-state index contributed by atoms with van der Waals surface area (Å²) < 4.78 is 27.0. The zero-order chi connectivity index (χ0) is 33.2. The molecule has 2 heterocycles. The molecule has 0 aliphatic carbocycles. The van der Waals surface area contributed by atoms with E-state index in [0.29, 0.717) is 0 Å². The molecule has 2 saturated heterocycles. The zero-order valence-corrected chi connectivity index (χ0v) is 24.2. The molecule has 11 atom stereocenters. The van der Waals surface area contributed by atoms with E-state index in [0.717, 1.165) is 20.8 Å². The Bertz CT molecular complexity index is 1060. The summed E-state index contributed by atoms with van der Waals surface area (Å²) in [6, 6.07) is -2.72. The number of carbonyl (C=O) groups is 4. The minimum Gasteiger partial charge on any atom is -0.477 e. The average molecular weight is 638 g/mol. The second-order valence-electron chi connectivity index (χ2n) is 10.2. The molecular formula is C24H39N5O15. The Hall–Kier alpha value is -3.17. The molecule has 0 spiro atoms. The lowest BCUT2D eigenvalue weighted by Gasteiger charge is -2.47. The van der Waals surface area contributed by atoms with Crippen LogP contribution in [0.5, 0.6) is 0 Å². The molecule has 0 aromatic heterocycles. The van der Waals surface area contributed by atoms with Gasteiger partial charge in [0.15, 0.2) is 6.29 Å². The standard InChI is InChI=1S/C24H39N5O15/c1-10(30)27-16-13(33)7-24(23(38)39,44-21(16)18(35)14(34)8-41-12(3)32)42-9-15-19(36)20(37)17(28-11(2)31)22(43-15)40-6-4-5-26-29-25/h13-22,33-37H,4-9H2,1-3H3,(H,27,30)(H,28,31)(H,38,39)/t13-,14+,15+,16+,17+,18+,19-,20+,21+,22-,24+/m0/s1. The summed E-state index contributed by atoms with van der Waals surface area (Å²) in [6.45, 7) is 1.72. The minimum atomic E-state index is -2.75. The highest BCUT2D eigenvalue weighted by atomic mass is 16.7. The Balaban J connectivity index is 2.29. The Labute approximate surface area is 250 Å². The van der Waals surface area contributed by atoms with Crippen molar-refractivity contribution >= 4 is 23.8 Å². The number of carboxylic acid groups (broad SMARTS) is 1. The van der Waals surface area contributed by atoms with Crippen LogP contribution in [-0.2, 0) is 42.9 Å². The minimum absolute atomic E-state index is 0.0641. The van der Waals surface area contributed by atoms with Crippen LogP contribution in [0.2, 0.25) is 0 Å². The maximum absolute atomic E-state index is 12.5. The van der Waals surface area contributed by atoms with E-state index in [1.165, 1.54) is 0 Å². The lowest BCUT2D eigenvalue weighted by atomic mass is 9.88. The summed E-state index contributed by atoms with van der Waals surface area (Å²) in [5, 5.41) is 71.6. The van der Waals surface area contributed by atoms with Crippen molar-refractivity contribution < 1.29 is 73.5 Å². The number of esters is 1. The summed E-state index contributed by atoms with van der Waals surface area (Å²) in [7, 11) is 0. The van der Waals surface area contributed by atoms with Crippen LogP contribution in [0.3, 0.4) is 0 Å². The molecule has 0 bridgehead atoms. The molecule has 250 valence electrons. The Morgan fingerprint density at radius 2 is 1.70 bits per heavy atom. The van der Waals surface area contributed by atoms with Crippen LogP contribution in [0, 0.1) is 0 Å². The summed E-state index contributed by atoms with van der Waals surface area (Å²) in [5.41, 5.74) is 8.41. The van der Waals surface area contributed by atoms with E-state index < -0.39 is 110 Å². The summed E-state index contributed by atoms with van der Waals surface area (Å²) >= 11 is 0. The van der Waals surface area contributed by atoms with E-state index in [2.05, 4.69) is 25.4 Å². The number of aliphatic hydroxyl groups is 5. The van der Waals surface area contributed by atoms with Crippen molar-refractivity contribution in [1.29, 1.82) is 0 Å². The van der Waals surface area contributed by atoms with Crippen LogP contribution in [0.4, 0.5) is 0 Å². The van der Waals surface area contributed by atoms with Gasteiger partial charge in [0.1, 0.15) is 49.3 Å². The number of carbonyl (C=O) groups excluding carboxylic acids is 3. The number of hydrogen-bond donors (Lipinski definition) is 8. The average Bonchev–Trinajstić information content (AvgIpc) is 2.94. The van der Waals surface area contributed by atoms with Crippen molar-refractivity contribution in [3.05, 3.63) is 10.4 Å². The van der Waals surface area contributed by atoms with Gasteiger partial charge in [-0.25, -0.2) is 4.79 Å². The van der Waals surface area contributed by atoms with Gasteiger partial charge in [-0.05, 0) is 12.0 Å². The molecule has 20 heteroatoms. The van der Waals surface area contributed by atoms with Gasteiger partial charge >= 0.3 is 11.9 Å². The summed E-state index contributed by atoms with van der Waals surface area (Å²) in [6.07, 6.45) is -14.4. The van der Waals surface area contributed by atoms with Crippen LogP contribution >= 0.6 is 0 Å². The topological polar surface area (TPSA) is 309 Å². The molecule has 44 heavy (non-hydrogen) atoms. The zero-order valence-electron chi connectivity index (χ0n) is 24.2. The molecule has 0 aromatic carbocycles. The molecule has 0 radical (unpaired) electrons. The van der Waals surface area contributed by atoms with Gasteiger partial charge in [0.25, 0.3) is 5.79 Å². The molecule has 2 aliphatic heterocycles. The molecule has 0 unspecified atom stereocenters. The van der Waals surface area contributed by atoms with Crippen molar-refractivity contribution in [3.63, 3.8) is 0 Å². The third kappa shape index (κ3) is 9.92. The molecule has 8 N–H and O–H groups in total. The quantitative estimate of drug-likeness (QED) is 0.0283. The maximum atomic E-state index is 12.5. The number of nitrogens with one attached hydrogen (secondary N) is 2. The fourth-order valence-corrected chi connectivity index (χ4v) is 4.67. The van der Waals surface area contributed by atoms with E-state index in [1.807, 2.05) is 0 Å². The molecule has 2 aliphatic rings. The van der Waals surface area contributed by atoms with Gasteiger partial charge in [0.2, 0.25) is 11.8 Å². The molecule has 20 nitrogen and oxygen atoms in total. The van der Waals surface area contributed by atoms with Crippen LogP contribution in [0.25, 0.3) is 10.4 Å². The van der Waals surface area contributed by atoms with Crippen molar-refractivity contribution in [2.24, 2.45) is 5.11 Å². The van der Waals surface area contributed by atoms with Gasteiger partial charge in [0, 0.05) is 45.3 Å². The molecular weight excluding hydrogens is 598 g/mol. The first-order valence-corrected chi connectivity index (χ1v) is 13.5. The number of nitrogens with zero attached hydrogens (tertiary/aromatic N) is 3. The normalized spacial score (nSPS) is 33.3. The van der Waals surface area contributed by atoms with E-state index in [9.17, 15) is 49.8 Å². The lowest BCUT2D eigenvalue weighted by Crippen LogP contribution is -2.69. The number of aliphatic carboxylic acids is 1. The van der Waals surface area contributed by atoms with E-state index in [4.69, 9.17) is 24.5 Å². The smallest absolute Gasteiger partial charge is 0.364 e. The van der Waals surface area contributed by atoms with Gasteiger partial charge in [-0.1, -0.05) is 5.11 Å². The highest BCUT2D eigenvalue weighted by molar-refractivity contribution is 5.76. The van der Waals surface area contributed by atoms with Crippen LogP contribution in [0.1, 0.15) is 33.6 Å². The molecule has 2 rings (SSSR count). The summed E-state index contributed by atoms with van der Waals surface area (Å²) in [4.78, 5) is 49.7. The predicted molar refractivity (Wildman–Crippen MR) is 141 cm³/mol. The molecule has 0 aromatic rings. The van der Waals surface area contributed by atoms with Gasteiger partial charge < -0.3 is 65.0 Å². The fraction of sp³-hybridized carbons (Fsp3) is 0.833. The number of azide groups is 1. The number of rotatable bonds is 15. The first-order valence-electron chi connectivity index (χ1n) is 13.5. The van der Waals surface area contributed by atoms with Crippen LogP contribution < -0.4 is 10.6 Å². The van der Waals surface area contributed by atoms with Gasteiger partial charge in [-0.2, -0.15) is 0 Å². The largest absolute Gasteiger partial charge is 0.477 e. The second kappa shape index (κ2) is 16.8. The van der Waals surface area contributed by atoms with Crippen LogP contribution in [-0.4, -0.2) is 148 Å². The van der Waals surface area contributed by atoms with Gasteiger partial charge in [-0.15, -0.1) is 0 Å². The third-order valence-electron chi connectivity index (χ3n) is 6.76. The van der Waals surface area contributed by atoms with Crippen molar-refractivity contribution in [3.8, 4) is 0 Å². The Morgan fingerprint density at radius 3 is 2.27 bits per heavy atom. The summed E-state index contributed by atoms with van der Waals surface area (Å²) in [5.74, 6) is -6.65. The van der Waals surface area contributed by atoms with Gasteiger partial charge in [-0.3, -0.25) is 14.4 Å². The highest BCUT2D eigenvalue weighted by Gasteiger charge is 2.57. The molecule has 2 fully saturated rings. The third-order valence-corrected chi connectivity index (χ3v) is 6.76. The Morgan fingerprint density at radius 1 is 1.07 bits per heavy atom. The first kappa shape index (κ1) is 37.0. The number of hydrogen-bond acceptors (Lipinski definition) is 15. The maximum Gasteiger partial charge on any atom is 0.364 e. The number of aliphatic hydroxyl groups excluding tert-OH is 5. The Kier molecular flexibility index (Phi) is 14.1. The van der Waals surface area contributed by atoms with E-state index in [-0.39, 0.29) is 19.6 Å².